The molecule has 1 aliphatic heterocycles. The first-order chi connectivity index (χ1) is 10.9. The lowest BCUT2D eigenvalue weighted by atomic mass is 10.0. The molecule has 0 bridgehead atoms. The van der Waals surface area contributed by atoms with Gasteiger partial charge in [0.25, 0.3) is 0 Å². The summed E-state index contributed by atoms with van der Waals surface area (Å²) in [4.78, 5) is 15.4. The molecule has 3 rings (SSSR count). The Morgan fingerprint density at radius 2 is 1.65 bits per heavy atom. The Balaban J connectivity index is 2.04. The van der Waals surface area contributed by atoms with E-state index in [-0.39, 0.29) is 11.2 Å². The summed E-state index contributed by atoms with van der Waals surface area (Å²) < 4.78 is 40.4. The number of benzene rings is 1. The van der Waals surface area contributed by atoms with Gasteiger partial charge in [0.05, 0.1) is 5.56 Å². The van der Waals surface area contributed by atoms with Crippen LogP contribution in [0.15, 0.2) is 41.3 Å². The highest BCUT2D eigenvalue weighted by Crippen LogP contribution is 2.39. The molecule has 23 heavy (non-hydrogen) atoms. The lowest BCUT2D eigenvalue weighted by molar-refractivity contribution is -0.137. The Morgan fingerprint density at radius 3 is 2.26 bits per heavy atom. The number of piperidine rings is 1. The molecule has 2 aromatic rings. The van der Waals surface area contributed by atoms with Crippen molar-refractivity contribution < 1.29 is 13.2 Å². The number of hydrogen-bond acceptors (Lipinski definition) is 2. The number of aromatic amines is 1. The highest BCUT2D eigenvalue weighted by Gasteiger charge is 2.35. The summed E-state index contributed by atoms with van der Waals surface area (Å²) in [6.07, 6.45) is -0.0887. The fraction of sp³-hybridized carbons (Fsp3) is 0.353. The van der Waals surface area contributed by atoms with Gasteiger partial charge in [-0.3, -0.25) is 4.79 Å². The second-order valence-electron chi connectivity index (χ2n) is 5.72. The minimum absolute atomic E-state index is 0.241. The van der Waals surface area contributed by atoms with Crippen molar-refractivity contribution in [3.63, 3.8) is 0 Å². The van der Waals surface area contributed by atoms with Crippen LogP contribution in [0, 0.1) is 0 Å². The number of rotatable bonds is 2. The molecule has 1 aromatic heterocycles. The molecule has 3 nitrogen and oxygen atoms in total. The molecular weight excluding hydrogens is 305 g/mol. The van der Waals surface area contributed by atoms with Crippen LogP contribution in [0.2, 0.25) is 0 Å². The van der Waals surface area contributed by atoms with Crippen molar-refractivity contribution in [1.82, 2.24) is 4.98 Å². The molecule has 6 heteroatoms. The Morgan fingerprint density at radius 1 is 0.957 bits per heavy atom. The van der Waals surface area contributed by atoms with Crippen LogP contribution in [-0.4, -0.2) is 18.1 Å². The van der Waals surface area contributed by atoms with Crippen LogP contribution in [0.25, 0.3) is 11.1 Å². The summed E-state index contributed by atoms with van der Waals surface area (Å²) in [5.74, 6) is 0. The maximum Gasteiger partial charge on any atom is 0.418 e. The zero-order valence-corrected chi connectivity index (χ0v) is 12.5. The van der Waals surface area contributed by atoms with Gasteiger partial charge in [-0.05, 0) is 48.6 Å². The molecule has 1 aliphatic rings. The van der Waals surface area contributed by atoms with Crippen molar-refractivity contribution in [3.05, 3.63) is 52.4 Å². The van der Waals surface area contributed by atoms with E-state index >= 15 is 0 Å². The number of anilines is 1. The van der Waals surface area contributed by atoms with Crippen LogP contribution >= 0.6 is 0 Å². The molecular formula is C17H17F3N2O. The van der Waals surface area contributed by atoms with Gasteiger partial charge in [0, 0.05) is 31.0 Å². The summed E-state index contributed by atoms with van der Waals surface area (Å²) in [5.41, 5.74) is 0.331. The molecule has 1 fully saturated rings. The highest BCUT2D eigenvalue weighted by atomic mass is 19.4. The van der Waals surface area contributed by atoms with E-state index in [1.54, 1.807) is 6.07 Å². The van der Waals surface area contributed by atoms with Gasteiger partial charge >= 0.3 is 6.18 Å². The lowest BCUT2D eigenvalue weighted by Gasteiger charge is -2.31. The first-order valence-corrected chi connectivity index (χ1v) is 7.60. The molecule has 0 amide bonds. The maximum absolute atomic E-state index is 13.5. The monoisotopic (exact) mass is 322 g/mol. The first kappa shape index (κ1) is 15.6. The highest BCUT2D eigenvalue weighted by molar-refractivity contribution is 5.69. The van der Waals surface area contributed by atoms with Crippen LogP contribution in [-0.2, 0) is 6.18 Å². The lowest BCUT2D eigenvalue weighted by Crippen LogP contribution is -2.31. The van der Waals surface area contributed by atoms with E-state index in [1.165, 1.54) is 24.4 Å². The molecule has 0 spiro atoms. The molecule has 122 valence electrons. The van der Waals surface area contributed by atoms with Gasteiger partial charge in [-0.25, -0.2) is 0 Å². The fourth-order valence-corrected chi connectivity index (χ4v) is 2.94. The van der Waals surface area contributed by atoms with Crippen LogP contribution in [0.1, 0.15) is 24.8 Å². The minimum Gasteiger partial charge on any atom is -0.371 e. The number of hydrogen-bond donors (Lipinski definition) is 1. The molecule has 0 radical (unpaired) electrons. The summed E-state index contributed by atoms with van der Waals surface area (Å²) in [5, 5.41) is 0. The van der Waals surface area contributed by atoms with E-state index < -0.39 is 11.7 Å². The van der Waals surface area contributed by atoms with Crippen molar-refractivity contribution in [2.45, 2.75) is 25.4 Å². The molecule has 1 saturated heterocycles. The molecule has 1 aromatic carbocycles. The van der Waals surface area contributed by atoms with Crippen molar-refractivity contribution in [2.75, 3.05) is 18.0 Å². The number of pyridine rings is 1. The number of nitrogens with one attached hydrogen (secondary N) is 1. The minimum atomic E-state index is -4.41. The topological polar surface area (TPSA) is 36.1 Å². The molecule has 0 atom stereocenters. The van der Waals surface area contributed by atoms with Gasteiger partial charge in [0.15, 0.2) is 0 Å². The molecule has 1 N–H and O–H groups in total. The van der Waals surface area contributed by atoms with E-state index in [1.807, 2.05) is 4.90 Å². The SMILES string of the molecule is O=c1ccc(-c2ccc(N3CCCCC3)c(C(F)(F)F)c2)c[nH]1. The molecule has 0 aliphatic carbocycles. The normalized spacial score (nSPS) is 15.7. The zero-order chi connectivity index (χ0) is 16.4. The third kappa shape index (κ3) is 3.41. The van der Waals surface area contributed by atoms with Crippen molar-refractivity contribution >= 4 is 5.69 Å². The van der Waals surface area contributed by atoms with Crippen molar-refractivity contribution in [1.29, 1.82) is 0 Å². The second-order valence-corrected chi connectivity index (χ2v) is 5.72. The first-order valence-electron chi connectivity index (χ1n) is 7.60. The van der Waals surface area contributed by atoms with Gasteiger partial charge in [0.1, 0.15) is 0 Å². The van der Waals surface area contributed by atoms with E-state index in [4.69, 9.17) is 0 Å². The summed E-state index contributed by atoms with van der Waals surface area (Å²) in [6.45, 7) is 1.31. The number of alkyl halides is 3. The summed E-state index contributed by atoms with van der Waals surface area (Å²) >= 11 is 0. The molecule has 2 heterocycles. The van der Waals surface area contributed by atoms with Crippen LogP contribution in [0.3, 0.4) is 0 Å². The predicted octanol–water partition coefficient (Wildman–Crippen LogP) is 4.05. The average Bonchev–Trinajstić information content (AvgIpc) is 2.55. The van der Waals surface area contributed by atoms with Gasteiger partial charge in [-0.1, -0.05) is 6.07 Å². The zero-order valence-electron chi connectivity index (χ0n) is 12.5. The van der Waals surface area contributed by atoms with E-state index in [0.717, 1.165) is 25.3 Å². The number of aromatic nitrogens is 1. The summed E-state index contributed by atoms with van der Waals surface area (Å²) in [6, 6.07) is 7.20. The average molecular weight is 322 g/mol. The number of nitrogens with zero attached hydrogens (tertiary/aromatic N) is 1. The largest absolute Gasteiger partial charge is 0.418 e. The van der Waals surface area contributed by atoms with Gasteiger partial charge in [-0.2, -0.15) is 13.2 Å². The maximum atomic E-state index is 13.5. The Hall–Kier alpha value is -2.24. The van der Waals surface area contributed by atoms with Gasteiger partial charge < -0.3 is 9.88 Å². The quantitative estimate of drug-likeness (QED) is 0.905. The third-order valence-corrected chi connectivity index (χ3v) is 4.12. The van der Waals surface area contributed by atoms with E-state index in [2.05, 4.69) is 4.98 Å². The van der Waals surface area contributed by atoms with Crippen molar-refractivity contribution in [3.8, 4) is 11.1 Å². The molecule has 0 unspecified atom stereocenters. The van der Waals surface area contributed by atoms with Crippen molar-refractivity contribution in [2.24, 2.45) is 0 Å². The fourth-order valence-electron chi connectivity index (χ4n) is 2.94. The Kier molecular flexibility index (Phi) is 4.15. The van der Waals surface area contributed by atoms with Gasteiger partial charge in [0.2, 0.25) is 5.56 Å². The van der Waals surface area contributed by atoms with E-state index in [0.29, 0.717) is 24.2 Å². The van der Waals surface area contributed by atoms with Crippen LogP contribution < -0.4 is 10.5 Å². The standard InChI is InChI=1S/C17H17F3N2O/c18-17(19,20)14-10-12(13-5-7-16(23)21-11-13)4-6-15(14)22-8-2-1-3-9-22/h4-7,10-11H,1-3,8-9H2,(H,21,23). The van der Waals surface area contributed by atoms with Crippen LogP contribution in [0.4, 0.5) is 18.9 Å². The predicted molar refractivity (Wildman–Crippen MR) is 83.6 cm³/mol. The Bertz CT molecular complexity index is 726. The smallest absolute Gasteiger partial charge is 0.371 e. The molecule has 0 saturated carbocycles. The summed E-state index contributed by atoms with van der Waals surface area (Å²) in [7, 11) is 0. The van der Waals surface area contributed by atoms with Gasteiger partial charge in [-0.15, -0.1) is 0 Å². The Labute approximate surface area is 131 Å². The third-order valence-electron chi connectivity index (χ3n) is 4.12. The second kappa shape index (κ2) is 6.10. The van der Waals surface area contributed by atoms with E-state index in [9.17, 15) is 18.0 Å². The van der Waals surface area contributed by atoms with Crippen LogP contribution in [0.5, 0.6) is 0 Å². The number of halogens is 3. The number of H-pyrrole nitrogens is 1.